The van der Waals surface area contributed by atoms with Gasteiger partial charge in [-0.3, -0.25) is 24.0 Å². The zero-order chi connectivity index (χ0) is 64.3. The third-order valence-electron chi connectivity index (χ3n) is 16.8. The fraction of sp³-hybridized carbons (Fsp3) is 0.585. The quantitative estimate of drug-likeness (QED) is 0.0155. The van der Waals surface area contributed by atoms with E-state index >= 15 is 4.39 Å². The second kappa shape index (κ2) is 29.7. The summed E-state index contributed by atoms with van der Waals surface area (Å²) >= 11 is 0. The van der Waals surface area contributed by atoms with Gasteiger partial charge in [-0.15, -0.1) is 0 Å². The van der Waals surface area contributed by atoms with Crippen LogP contribution in [0.1, 0.15) is 178 Å². The maximum atomic E-state index is 15.5. The van der Waals surface area contributed by atoms with Crippen LogP contribution >= 0.6 is 0 Å². The van der Waals surface area contributed by atoms with Gasteiger partial charge in [-0.1, -0.05) is 100 Å². The van der Waals surface area contributed by atoms with Crippen molar-refractivity contribution in [3.05, 3.63) is 91.5 Å². The molecule has 5 atom stereocenters. The van der Waals surface area contributed by atoms with E-state index in [4.69, 9.17) is 29.7 Å². The summed E-state index contributed by atoms with van der Waals surface area (Å²) in [6, 6.07) is 5.93. The lowest BCUT2D eigenvalue weighted by molar-refractivity contribution is -0.172. The number of carbonyl (C=O) groups excluding carboxylic acids is 7. The number of nitrogens with zero attached hydrogens (tertiary/aromatic N) is 2. The van der Waals surface area contributed by atoms with Gasteiger partial charge in [-0.05, 0) is 104 Å². The highest BCUT2D eigenvalue weighted by Gasteiger charge is 2.46. The van der Waals surface area contributed by atoms with E-state index in [0.717, 1.165) is 37.7 Å². The number of nitrogens with two attached hydrogens (primary N) is 1. The molecule has 2 aliphatic heterocycles. The summed E-state index contributed by atoms with van der Waals surface area (Å²) in [5, 5.41) is 29.1. The summed E-state index contributed by atoms with van der Waals surface area (Å²) in [6.45, 7) is 19.4. The molecule has 0 bridgehead atoms. The topological polar surface area (TPSA) is 310 Å². The lowest BCUT2D eigenvalue weighted by atomic mass is 9.81. The van der Waals surface area contributed by atoms with Gasteiger partial charge >= 0.3 is 18.1 Å². The van der Waals surface area contributed by atoms with E-state index < -0.39 is 81.7 Å². The predicted octanol–water partition coefficient (Wildman–Crippen LogP) is 7.79. The Kier molecular flexibility index (Phi) is 22.9. The van der Waals surface area contributed by atoms with E-state index in [1.165, 1.54) is 17.1 Å². The molecular formula is C65H90FN9O13. The van der Waals surface area contributed by atoms with Gasteiger partial charge < -0.3 is 66.3 Å². The molecule has 23 heteroatoms. The van der Waals surface area contributed by atoms with Crippen LogP contribution in [0.4, 0.5) is 19.7 Å². The number of aryl methyl sites for hydroxylation is 1. The molecule has 7 rings (SSSR count). The monoisotopic (exact) mass is 1220 g/mol. The van der Waals surface area contributed by atoms with Gasteiger partial charge in [0.1, 0.15) is 37.7 Å². The first-order valence-electron chi connectivity index (χ1n) is 30.9. The number of pyridine rings is 2. The summed E-state index contributed by atoms with van der Waals surface area (Å²) in [5.74, 6) is -3.42. The Labute approximate surface area is 514 Å². The summed E-state index contributed by atoms with van der Waals surface area (Å²) < 4.78 is 40.0. The van der Waals surface area contributed by atoms with Gasteiger partial charge in [-0.25, -0.2) is 23.8 Å². The Morgan fingerprint density at radius 1 is 0.898 bits per heavy atom. The van der Waals surface area contributed by atoms with Crippen molar-refractivity contribution in [2.75, 3.05) is 38.2 Å². The molecule has 88 heavy (non-hydrogen) atoms. The number of rotatable bonds is 31. The van der Waals surface area contributed by atoms with E-state index in [9.17, 15) is 43.5 Å². The maximum Gasteiger partial charge on any atom is 0.407 e. The molecule has 0 radical (unpaired) electrons. The van der Waals surface area contributed by atoms with Crippen molar-refractivity contribution >= 4 is 58.3 Å². The smallest absolute Gasteiger partial charge is 0.407 e. The van der Waals surface area contributed by atoms with Crippen LogP contribution in [0.2, 0.25) is 0 Å². The number of nitrogens with one attached hydrogen (secondary N) is 6. The Hall–Kier alpha value is -7.50. The molecule has 0 saturated heterocycles. The number of aliphatic hydroxyl groups is 1. The normalized spacial score (nSPS) is 17.0. The third-order valence-corrected chi connectivity index (χ3v) is 16.8. The largest absolute Gasteiger partial charge is 0.458 e. The van der Waals surface area contributed by atoms with Crippen molar-refractivity contribution in [1.82, 2.24) is 36.1 Å². The molecule has 480 valence electrons. The second-order valence-electron chi connectivity index (χ2n) is 25.6. The predicted molar refractivity (Wildman–Crippen MR) is 329 cm³/mol. The molecule has 2 aromatic carbocycles. The Balaban J connectivity index is 0.932. The number of amides is 7. The molecule has 9 N–H and O–H groups in total. The number of halogens is 1. The molecule has 0 saturated carbocycles. The lowest BCUT2D eigenvalue weighted by Gasteiger charge is -2.31. The number of carbonyl (C=O) groups is 7. The third kappa shape index (κ3) is 16.8. The maximum absolute atomic E-state index is 15.5. The Morgan fingerprint density at radius 3 is 2.31 bits per heavy atom. The summed E-state index contributed by atoms with van der Waals surface area (Å²) in [6.07, 6.45) is 6.81. The van der Waals surface area contributed by atoms with Crippen LogP contribution in [0.3, 0.4) is 0 Å². The second-order valence-corrected chi connectivity index (χ2v) is 25.6. The number of alkyl carbamates (subject to hydrolysis) is 1. The molecule has 1 aliphatic carbocycles. The number of cyclic esters (lactones) is 1. The Bertz CT molecular complexity index is 3290. The fourth-order valence-electron chi connectivity index (χ4n) is 11.7. The van der Waals surface area contributed by atoms with Crippen LogP contribution < -0.4 is 43.2 Å². The van der Waals surface area contributed by atoms with Crippen molar-refractivity contribution in [1.29, 1.82) is 0 Å². The highest BCUT2D eigenvalue weighted by atomic mass is 19.1. The molecule has 1 unspecified atom stereocenters. The number of hydrogen-bond acceptors (Lipinski definition) is 14. The zero-order valence-electron chi connectivity index (χ0n) is 52.7. The van der Waals surface area contributed by atoms with Crippen LogP contribution in [0.25, 0.3) is 22.3 Å². The lowest BCUT2D eigenvalue weighted by Crippen LogP contribution is -2.55. The highest BCUT2D eigenvalue weighted by molar-refractivity contribution is 5.99. The Morgan fingerprint density at radius 2 is 1.62 bits per heavy atom. The van der Waals surface area contributed by atoms with Crippen molar-refractivity contribution in [2.45, 2.75) is 196 Å². The first-order chi connectivity index (χ1) is 41.7. The average molecular weight is 1220 g/mol. The molecular weight excluding hydrogens is 1130 g/mol. The molecule has 2 aromatic heterocycles. The van der Waals surface area contributed by atoms with E-state index in [2.05, 4.69) is 45.7 Å². The van der Waals surface area contributed by atoms with Gasteiger partial charge in [0.25, 0.3) is 5.56 Å². The van der Waals surface area contributed by atoms with Crippen molar-refractivity contribution in [3.8, 4) is 11.4 Å². The van der Waals surface area contributed by atoms with Crippen LogP contribution in [-0.4, -0.2) is 107 Å². The van der Waals surface area contributed by atoms with Crippen LogP contribution in [-0.2, 0) is 74.7 Å². The minimum Gasteiger partial charge on any atom is -0.458 e. The van der Waals surface area contributed by atoms with Gasteiger partial charge in [0, 0.05) is 53.2 Å². The summed E-state index contributed by atoms with van der Waals surface area (Å²) in [5.41, 5.74) is 6.47. The minimum absolute atomic E-state index is 0.000604. The summed E-state index contributed by atoms with van der Waals surface area (Å²) in [7, 11) is 0. The fourth-order valence-corrected chi connectivity index (χ4v) is 11.7. The van der Waals surface area contributed by atoms with Crippen LogP contribution in [0.15, 0.2) is 41.2 Å². The number of esters is 1. The number of primary amides is 1. The molecule has 22 nitrogen and oxygen atoms in total. The first-order valence-corrected chi connectivity index (χ1v) is 30.9. The minimum atomic E-state index is -2.05. The number of anilines is 1. The van der Waals surface area contributed by atoms with E-state index in [1.807, 2.05) is 27.7 Å². The number of hydrogen-bond donors (Lipinski definition) is 8. The number of benzene rings is 2. The van der Waals surface area contributed by atoms with Crippen LogP contribution in [0.5, 0.6) is 0 Å². The zero-order valence-corrected chi connectivity index (χ0v) is 52.7. The molecule has 7 amide bonds. The van der Waals surface area contributed by atoms with Gasteiger partial charge in [0.15, 0.2) is 5.60 Å². The first kappa shape index (κ1) is 68.0. The number of unbranched alkanes of at least 4 members (excludes halogenated alkanes) is 3. The number of fused-ring (bicyclic) bond motifs is 5. The van der Waals surface area contributed by atoms with Crippen molar-refractivity contribution in [3.63, 3.8) is 0 Å². The van der Waals surface area contributed by atoms with Crippen molar-refractivity contribution in [2.24, 2.45) is 22.5 Å². The van der Waals surface area contributed by atoms with E-state index in [-0.39, 0.29) is 94.3 Å². The highest BCUT2D eigenvalue weighted by Crippen LogP contribution is 2.46. The van der Waals surface area contributed by atoms with E-state index in [1.54, 1.807) is 58.0 Å². The SMILES string of the molecule is CCCCCCC(CC)OCC(=O)NCC(C)(C)COCC(C)(C)CC(=O)N[C@H](C(=O)N[C@@H](CCCNC(N)=O)C(=O)Nc1ccc(COC(=O)N[C@H]2CCc3c(C)c(F)cc4nc5c(c2c34)Cn2c-5cc3c(c2=O)COC(=O)[C@]3(O)CC)cc1)C(C)C. The standard InChI is InChI=1S/C65H90FN9O13/c1-11-14-15-16-18-41(12-2)86-33-52(77)69-34-64(9,10)36-85-35-63(7,8)29-51(76)74-55(37(4)5)58(79)72-48(19-17-26-68-61(67)82)57(78)70-40-22-20-39(21-23-40)31-88-62(83)73-47-25-24-42-38(6)46(66)28-49-53(42)54(47)43-30-75-50(56(43)71-49)27-45-44(59(75)80)32-87-60(81)65(45,84)13-3/h20-23,27-28,37,41,47-48,55,84H,11-19,24-26,29-36H2,1-10H3,(H,69,77)(H,70,78)(H,72,79)(H,73,83)(H,74,76)(H3,67,68,82)/t41?,47-,48-,55-,65-/m0/s1. The molecule has 0 spiro atoms. The molecule has 0 fully saturated rings. The summed E-state index contributed by atoms with van der Waals surface area (Å²) in [4.78, 5) is 111. The van der Waals surface area contributed by atoms with Crippen molar-refractivity contribution < 1.29 is 62.0 Å². The molecule has 3 aliphatic rings. The van der Waals surface area contributed by atoms with Crippen LogP contribution in [0, 0.1) is 29.5 Å². The van der Waals surface area contributed by atoms with Gasteiger partial charge in [0.2, 0.25) is 23.6 Å². The van der Waals surface area contributed by atoms with E-state index in [0.29, 0.717) is 76.2 Å². The van der Waals surface area contributed by atoms with Gasteiger partial charge in [-0.2, -0.15) is 0 Å². The number of urea groups is 1. The number of aromatic nitrogens is 2. The molecule has 4 aromatic rings. The number of ether oxygens (including phenoxy) is 4. The average Bonchev–Trinajstić information content (AvgIpc) is 1.46. The molecule has 4 heterocycles. The van der Waals surface area contributed by atoms with Gasteiger partial charge in [0.05, 0.1) is 54.4 Å².